The molecule has 1 heterocycles. The molecule has 0 aliphatic heterocycles. The van der Waals surface area contributed by atoms with E-state index in [4.69, 9.17) is 0 Å². The number of alkyl halides is 3. The van der Waals surface area contributed by atoms with E-state index in [0.29, 0.717) is 5.56 Å². The lowest BCUT2D eigenvalue weighted by molar-refractivity contribution is -0.384. The first-order valence-electron chi connectivity index (χ1n) is 6.89. The Hall–Kier alpha value is -2.68. The lowest BCUT2D eigenvalue weighted by Crippen LogP contribution is -2.18. The van der Waals surface area contributed by atoms with Crippen LogP contribution in [-0.2, 0) is 6.18 Å². The Labute approximate surface area is 135 Å². The summed E-state index contributed by atoms with van der Waals surface area (Å²) in [5.41, 5.74) is -1.01. The molecule has 1 aromatic carbocycles. The standard InChI is InChI=1S/C15H14F3N3O3/c1-9-6-12(21(23)24)14(19-7-9)20-8-13(22)10-4-2-3-5-11(10)15(16,17)18/h2-7,13,22H,8H2,1H3,(H,19,20). The number of nitrogens with zero attached hydrogens (tertiary/aromatic N) is 2. The van der Waals surface area contributed by atoms with E-state index in [0.717, 1.165) is 12.1 Å². The van der Waals surface area contributed by atoms with Crippen LogP contribution in [-0.4, -0.2) is 21.6 Å². The predicted molar refractivity (Wildman–Crippen MR) is 80.5 cm³/mol. The largest absolute Gasteiger partial charge is 0.416 e. The van der Waals surface area contributed by atoms with Crippen molar-refractivity contribution < 1.29 is 23.2 Å². The molecular formula is C15H14F3N3O3. The number of aryl methyl sites for hydroxylation is 1. The van der Waals surface area contributed by atoms with Crippen molar-refractivity contribution in [2.75, 3.05) is 11.9 Å². The summed E-state index contributed by atoms with van der Waals surface area (Å²) < 4.78 is 38.9. The fourth-order valence-electron chi connectivity index (χ4n) is 2.18. The Morgan fingerprint density at radius 3 is 2.67 bits per heavy atom. The zero-order valence-corrected chi connectivity index (χ0v) is 12.5. The topological polar surface area (TPSA) is 88.3 Å². The molecule has 6 nitrogen and oxygen atoms in total. The molecule has 0 amide bonds. The van der Waals surface area contributed by atoms with E-state index < -0.39 is 22.8 Å². The normalized spacial score (nSPS) is 12.7. The number of halogens is 3. The maximum absolute atomic E-state index is 13.0. The first kappa shape index (κ1) is 17.7. The number of nitrogens with one attached hydrogen (secondary N) is 1. The molecule has 2 rings (SSSR count). The average Bonchev–Trinajstić information content (AvgIpc) is 2.52. The van der Waals surface area contributed by atoms with E-state index in [2.05, 4.69) is 10.3 Å². The van der Waals surface area contributed by atoms with Crippen molar-refractivity contribution in [1.29, 1.82) is 0 Å². The highest BCUT2D eigenvalue weighted by Crippen LogP contribution is 2.34. The molecule has 0 saturated heterocycles. The number of aromatic nitrogens is 1. The third-order valence-electron chi connectivity index (χ3n) is 3.29. The van der Waals surface area contributed by atoms with Gasteiger partial charge >= 0.3 is 11.9 Å². The minimum absolute atomic E-state index is 0.117. The number of nitro groups is 1. The van der Waals surface area contributed by atoms with Crippen molar-refractivity contribution >= 4 is 11.5 Å². The van der Waals surface area contributed by atoms with E-state index in [9.17, 15) is 28.4 Å². The van der Waals surface area contributed by atoms with Crippen LogP contribution in [0.5, 0.6) is 0 Å². The maximum Gasteiger partial charge on any atom is 0.416 e. The number of hydrogen-bond acceptors (Lipinski definition) is 5. The van der Waals surface area contributed by atoms with Crippen molar-refractivity contribution in [2.24, 2.45) is 0 Å². The molecule has 1 aromatic heterocycles. The number of hydrogen-bond donors (Lipinski definition) is 2. The summed E-state index contributed by atoms with van der Waals surface area (Å²) in [6, 6.07) is 5.90. The van der Waals surface area contributed by atoms with Gasteiger partial charge in [-0.25, -0.2) is 4.98 Å². The van der Waals surface area contributed by atoms with Crippen molar-refractivity contribution in [3.63, 3.8) is 0 Å². The number of anilines is 1. The van der Waals surface area contributed by atoms with E-state index in [-0.39, 0.29) is 23.6 Å². The second-order valence-corrected chi connectivity index (χ2v) is 5.12. The van der Waals surface area contributed by atoms with Crippen molar-refractivity contribution in [1.82, 2.24) is 4.98 Å². The van der Waals surface area contributed by atoms with Crippen LogP contribution >= 0.6 is 0 Å². The number of aliphatic hydroxyl groups is 1. The van der Waals surface area contributed by atoms with Gasteiger partial charge in [0, 0.05) is 18.8 Å². The van der Waals surface area contributed by atoms with Crippen LogP contribution in [0.4, 0.5) is 24.7 Å². The third kappa shape index (κ3) is 3.99. The van der Waals surface area contributed by atoms with Crippen LogP contribution in [0.1, 0.15) is 22.8 Å². The monoisotopic (exact) mass is 341 g/mol. The van der Waals surface area contributed by atoms with Gasteiger partial charge in [-0.3, -0.25) is 10.1 Å². The van der Waals surface area contributed by atoms with Gasteiger partial charge in [-0.15, -0.1) is 0 Å². The minimum Gasteiger partial charge on any atom is -0.387 e. The van der Waals surface area contributed by atoms with Gasteiger partial charge in [0.2, 0.25) is 5.82 Å². The fraction of sp³-hybridized carbons (Fsp3) is 0.267. The second kappa shape index (κ2) is 6.83. The Bertz CT molecular complexity index is 750. The number of benzene rings is 1. The highest BCUT2D eigenvalue weighted by atomic mass is 19.4. The molecule has 0 fully saturated rings. The van der Waals surface area contributed by atoms with Crippen molar-refractivity contribution in [3.05, 3.63) is 63.3 Å². The number of rotatable bonds is 5. The molecule has 0 radical (unpaired) electrons. The quantitative estimate of drug-likeness (QED) is 0.642. The molecular weight excluding hydrogens is 327 g/mol. The summed E-state index contributed by atoms with van der Waals surface area (Å²) >= 11 is 0. The highest BCUT2D eigenvalue weighted by molar-refractivity contribution is 5.56. The molecule has 0 spiro atoms. The van der Waals surface area contributed by atoms with Crippen LogP contribution in [0, 0.1) is 17.0 Å². The van der Waals surface area contributed by atoms with E-state index in [1.165, 1.54) is 24.4 Å². The minimum atomic E-state index is -4.61. The molecule has 0 saturated carbocycles. The van der Waals surface area contributed by atoms with Crippen LogP contribution in [0.3, 0.4) is 0 Å². The summed E-state index contributed by atoms with van der Waals surface area (Å²) in [4.78, 5) is 14.2. The first-order chi connectivity index (χ1) is 11.2. The Balaban J connectivity index is 2.21. The second-order valence-electron chi connectivity index (χ2n) is 5.12. The van der Waals surface area contributed by atoms with Gasteiger partial charge in [-0.2, -0.15) is 13.2 Å². The summed E-state index contributed by atoms with van der Waals surface area (Å²) in [6.07, 6.45) is -4.73. The van der Waals surface area contributed by atoms with Crippen LogP contribution < -0.4 is 5.32 Å². The molecule has 24 heavy (non-hydrogen) atoms. The summed E-state index contributed by atoms with van der Waals surface area (Å²) in [7, 11) is 0. The van der Waals surface area contributed by atoms with Crippen LogP contribution in [0.25, 0.3) is 0 Å². The predicted octanol–water partition coefficient (Wildman–Crippen LogP) is 3.46. The number of aliphatic hydroxyl groups excluding tert-OH is 1. The summed E-state index contributed by atoms with van der Waals surface area (Å²) in [5.74, 6) is -0.117. The van der Waals surface area contributed by atoms with Gasteiger partial charge < -0.3 is 10.4 Å². The number of pyridine rings is 1. The van der Waals surface area contributed by atoms with Gasteiger partial charge in [-0.05, 0) is 24.1 Å². The molecule has 9 heteroatoms. The fourth-order valence-corrected chi connectivity index (χ4v) is 2.18. The molecule has 1 unspecified atom stereocenters. The molecule has 1 atom stereocenters. The van der Waals surface area contributed by atoms with Crippen LogP contribution in [0.2, 0.25) is 0 Å². The zero-order valence-electron chi connectivity index (χ0n) is 12.5. The SMILES string of the molecule is Cc1cnc(NCC(O)c2ccccc2C(F)(F)F)c([N+](=O)[O-])c1. The molecule has 0 aliphatic rings. The average molecular weight is 341 g/mol. The highest BCUT2D eigenvalue weighted by Gasteiger charge is 2.34. The molecule has 2 N–H and O–H groups in total. The summed E-state index contributed by atoms with van der Waals surface area (Å²) in [5, 5.41) is 23.6. The van der Waals surface area contributed by atoms with Gasteiger partial charge in [-0.1, -0.05) is 18.2 Å². The Morgan fingerprint density at radius 2 is 2.04 bits per heavy atom. The van der Waals surface area contributed by atoms with Gasteiger partial charge in [0.15, 0.2) is 0 Å². The molecule has 128 valence electrons. The Morgan fingerprint density at radius 1 is 1.38 bits per heavy atom. The van der Waals surface area contributed by atoms with E-state index in [1.54, 1.807) is 6.92 Å². The van der Waals surface area contributed by atoms with Crippen molar-refractivity contribution in [3.8, 4) is 0 Å². The molecule has 0 bridgehead atoms. The lowest BCUT2D eigenvalue weighted by Gasteiger charge is -2.18. The van der Waals surface area contributed by atoms with Gasteiger partial charge in [0.05, 0.1) is 16.6 Å². The Kier molecular flexibility index (Phi) is 5.03. The zero-order chi connectivity index (χ0) is 17.9. The third-order valence-corrected chi connectivity index (χ3v) is 3.29. The van der Waals surface area contributed by atoms with Crippen molar-refractivity contribution in [2.45, 2.75) is 19.2 Å². The molecule has 0 aliphatic carbocycles. The molecule has 2 aromatic rings. The van der Waals surface area contributed by atoms with E-state index >= 15 is 0 Å². The van der Waals surface area contributed by atoms with E-state index in [1.807, 2.05) is 0 Å². The van der Waals surface area contributed by atoms with Gasteiger partial charge in [0.1, 0.15) is 0 Å². The van der Waals surface area contributed by atoms with Crippen LogP contribution in [0.15, 0.2) is 36.5 Å². The summed E-state index contributed by atoms with van der Waals surface area (Å²) in [6.45, 7) is 1.27. The smallest absolute Gasteiger partial charge is 0.387 e. The van der Waals surface area contributed by atoms with Gasteiger partial charge in [0.25, 0.3) is 0 Å². The lowest BCUT2D eigenvalue weighted by atomic mass is 10.0. The maximum atomic E-state index is 13.0. The first-order valence-corrected chi connectivity index (χ1v) is 6.89.